The van der Waals surface area contributed by atoms with Crippen LogP contribution in [0.3, 0.4) is 0 Å². The lowest BCUT2D eigenvalue weighted by molar-refractivity contribution is -0.126. The van der Waals surface area contributed by atoms with Crippen LogP contribution < -0.4 is 5.32 Å². The summed E-state index contributed by atoms with van der Waals surface area (Å²) in [7, 11) is 4.08. The minimum absolute atomic E-state index is 0.0401. The first-order valence-electron chi connectivity index (χ1n) is 9.36. The minimum atomic E-state index is -0.135. The van der Waals surface area contributed by atoms with Crippen LogP contribution in [0.2, 0.25) is 0 Å². The van der Waals surface area contributed by atoms with Gasteiger partial charge in [0.25, 0.3) is 5.91 Å². The van der Waals surface area contributed by atoms with Crippen LogP contribution in [0.25, 0.3) is 0 Å². The molecule has 1 aliphatic heterocycles. The van der Waals surface area contributed by atoms with E-state index in [1.165, 1.54) is 16.9 Å². The number of rotatable bonds is 6. The van der Waals surface area contributed by atoms with E-state index in [-0.39, 0.29) is 17.7 Å². The van der Waals surface area contributed by atoms with Crippen molar-refractivity contribution in [3.63, 3.8) is 0 Å². The number of nitrogens with zero attached hydrogens (tertiary/aromatic N) is 2. The number of nitrogens with one attached hydrogen (secondary N) is 1. The van der Waals surface area contributed by atoms with Crippen LogP contribution in [0.4, 0.5) is 0 Å². The zero-order chi connectivity index (χ0) is 19.2. The van der Waals surface area contributed by atoms with Gasteiger partial charge in [-0.1, -0.05) is 30.3 Å². The summed E-state index contributed by atoms with van der Waals surface area (Å²) in [5.74, 6) is -0.0548. The molecule has 1 atom stereocenters. The van der Waals surface area contributed by atoms with E-state index in [4.69, 9.17) is 0 Å². The molecule has 2 heterocycles. The van der Waals surface area contributed by atoms with Gasteiger partial charge in [-0.2, -0.15) is 0 Å². The van der Waals surface area contributed by atoms with E-state index in [0.29, 0.717) is 13.1 Å². The van der Waals surface area contributed by atoms with Crippen LogP contribution in [0.15, 0.2) is 41.8 Å². The molecule has 1 aromatic carbocycles. The lowest BCUT2D eigenvalue weighted by atomic mass is 9.96. The largest absolute Gasteiger partial charge is 0.352 e. The van der Waals surface area contributed by atoms with Crippen molar-refractivity contribution in [2.24, 2.45) is 5.92 Å². The second-order valence-electron chi connectivity index (χ2n) is 7.29. The summed E-state index contributed by atoms with van der Waals surface area (Å²) in [5.41, 5.74) is 2.36. The first-order chi connectivity index (χ1) is 13.0. The normalized spacial score (nSPS) is 17.1. The standard InChI is InChI=1S/C21H27N3O2S/c1-23(2)14-17-8-4-3-7-16(17)13-22-20(25)18-9-5-11-24(15-18)21(26)19-10-6-12-27-19/h3-4,6-8,10,12,18H,5,9,11,13-15H2,1-2H3,(H,22,25). The molecule has 2 aromatic rings. The molecule has 1 aromatic heterocycles. The maximum atomic E-state index is 12.7. The van der Waals surface area contributed by atoms with Crippen LogP contribution in [0.1, 0.15) is 33.6 Å². The molecule has 0 spiro atoms. The van der Waals surface area contributed by atoms with Gasteiger partial charge in [0.1, 0.15) is 0 Å². The van der Waals surface area contributed by atoms with Gasteiger partial charge in [0.05, 0.1) is 10.8 Å². The monoisotopic (exact) mass is 385 g/mol. The first kappa shape index (κ1) is 19.6. The molecule has 1 unspecified atom stereocenters. The Labute approximate surface area is 165 Å². The molecule has 1 fully saturated rings. The topological polar surface area (TPSA) is 52.7 Å². The third-order valence-corrected chi connectivity index (χ3v) is 5.73. The van der Waals surface area contributed by atoms with Crippen molar-refractivity contribution in [1.29, 1.82) is 0 Å². The summed E-state index contributed by atoms with van der Waals surface area (Å²) in [4.78, 5) is 29.9. The predicted octanol–water partition coefficient (Wildman–Crippen LogP) is 2.98. The van der Waals surface area contributed by atoms with E-state index in [0.717, 1.165) is 36.4 Å². The summed E-state index contributed by atoms with van der Waals surface area (Å²) >= 11 is 1.45. The highest BCUT2D eigenvalue weighted by Gasteiger charge is 2.29. The van der Waals surface area contributed by atoms with Gasteiger partial charge in [-0.05, 0) is 49.5 Å². The maximum Gasteiger partial charge on any atom is 0.263 e. The lowest BCUT2D eigenvalue weighted by Crippen LogP contribution is -2.45. The van der Waals surface area contributed by atoms with Gasteiger partial charge in [-0.15, -0.1) is 11.3 Å². The van der Waals surface area contributed by atoms with Crippen LogP contribution in [0.5, 0.6) is 0 Å². The van der Waals surface area contributed by atoms with Crippen molar-refractivity contribution >= 4 is 23.2 Å². The molecule has 5 nitrogen and oxygen atoms in total. The molecule has 27 heavy (non-hydrogen) atoms. The highest BCUT2D eigenvalue weighted by atomic mass is 32.1. The highest BCUT2D eigenvalue weighted by Crippen LogP contribution is 2.21. The number of carbonyl (C=O) groups is 2. The highest BCUT2D eigenvalue weighted by molar-refractivity contribution is 7.12. The van der Waals surface area contributed by atoms with Gasteiger partial charge in [0.2, 0.25) is 5.91 Å². The number of carbonyl (C=O) groups excluding carboxylic acids is 2. The Kier molecular flexibility index (Phi) is 6.63. The molecule has 1 saturated heterocycles. The Hall–Kier alpha value is -2.18. The third kappa shape index (κ3) is 5.17. The summed E-state index contributed by atoms with van der Waals surface area (Å²) in [5, 5.41) is 4.99. The zero-order valence-electron chi connectivity index (χ0n) is 16.0. The molecule has 0 aliphatic carbocycles. The van der Waals surface area contributed by atoms with Gasteiger partial charge < -0.3 is 15.1 Å². The number of thiophene rings is 1. The fraction of sp³-hybridized carbons (Fsp3) is 0.429. The third-order valence-electron chi connectivity index (χ3n) is 4.87. The zero-order valence-corrected chi connectivity index (χ0v) is 16.8. The van der Waals surface area contributed by atoms with Crippen molar-refractivity contribution in [1.82, 2.24) is 15.1 Å². The fourth-order valence-corrected chi connectivity index (χ4v) is 4.17. The number of likely N-dealkylation sites (tertiary alicyclic amines) is 1. The number of hydrogen-bond acceptors (Lipinski definition) is 4. The molecule has 144 valence electrons. The predicted molar refractivity (Wildman–Crippen MR) is 109 cm³/mol. The van der Waals surface area contributed by atoms with E-state index >= 15 is 0 Å². The van der Waals surface area contributed by atoms with Crippen molar-refractivity contribution in [3.8, 4) is 0 Å². The van der Waals surface area contributed by atoms with Gasteiger partial charge in [-0.3, -0.25) is 9.59 Å². The van der Waals surface area contributed by atoms with Crippen molar-refractivity contribution < 1.29 is 9.59 Å². The Morgan fingerprint density at radius 3 is 2.67 bits per heavy atom. The van der Waals surface area contributed by atoms with E-state index < -0.39 is 0 Å². The lowest BCUT2D eigenvalue weighted by Gasteiger charge is -2.31. The number of hydrogen-bond donors (Lipinski definition) is 1. The SMILES string of the molecule is CN(C)Cc1ccccc1CNC(=O)C1CCCN(C(=O)c2cccs2)C1. The van der Waals surface area contributed by atoms with Crippen LogP contribution in [0, 0.1) is 5.92 Å². The molecule has 0 saturated carbocycles. The average molecular weight is 386 g/mol. The van der Waals surface area contributed by atoms with Crippen LogP contribution >= 0.6 is 11.3 Å². The fourth-order valence-electron chi connectivity index (χ4n) is 3.48. The van der Waals surface area contributed by atoms with E-state index in [2.05, 4.69) is 22.3 Å². The maximum absolute atomic E-state index is 12.7. The minimum Gasteiger partial charge on any atom is -0.352 e. The molecule has 3 rings (SSSR count). The summed E-state index contributed by atoms with van der Waals surface area (Å²) in [6.45, 7) is 2.60. The molecule has 1 aliphatic rings. The Morgan fingerprint density at radius 2 is 1.96 bits per heavy atom. The smallest absolute Gasteiger partial charge is 0.263 e. The summed E-state index contributed by atoms with van der Waals surface area (Å²) in [6.07, 6.45) is 1.70. The van der Waals surface area contributed by atoms with Gasteiger partial charge in [0, 0.05) is 26.2 Å². The van der Waals surface area contributed by atoms with Crippen molar-refractivity contribution in [3.05, 3.63) is 57.8 Å². The number of benzene rings is 1. The number of piperidine rings is 1. The molecule has 0 bridgehead atoms. The van der Waals surface area contributed by atoms with Crippen molar-refractivity contribution in [2.45, 2.75) is 25.9 Å². The average Bonchev–Trinajstić information content (AvgIpc) is 3.21. The van der Waals surface area contributed by atoms with E-state index in [1.807, 2.05) is 48.6 Å². The quantitative estimate of drug-likeness (QED) is 0.832. The molecule has 1 N–H and O–H groups in total. The van der Waals surface area contributed by atoms with Crippen molar-refractivity contribution in [2.75, 3.05) is 27.2 Å². The first-order valence-corrected chi connectivity index (χ1v) is 10.2. The summed E-state index contributed by atoms with van der Waals surface area (Å²) < 4.78 is 0. The second-order valence-corrected chi connectivity index (χ2v) is 8.24. The van der Waals surface area contributed by atoms with Crippen LogP contribution in [-0.4, -0.2) is 48.8 Å². The van der Waals surface area contributed by atoms with E-state index in [1.54, 1.807) is 0 Å². The van der Waals surface area contributed by atoms with Gasteiger partial charge in [-0.25, -0.2) is 0 Å². The molecule has 6 heteroatoms. The Bertz CT molecular complexity index is 773. The molecule has 2 amide bonds. The molecular weight excluding hydrogens is 358 g/mol. The number of amides is 2. The Balaban J connectivity index is 1.57. The molecular formula is C21H27N3O2S. The summed E-state index contributed by atoms with van der Waals surface area (Å²) in [6, 6.07) is 11.9. The van der Waals surface area contributed by atoms with Gasteiger partial charge in [0.15, 0.2) is 0 Å². The van der Waals surface area contributed by atoms with Crippen LogP contribution in [-0.2, 0) is 17.9 Å². The molecule has 0 radical (unpaired) electrons. The van der Waals surface area contributed by atoms with Gasteiger partial charge >= 0.3 is 0 Å². The second kappa shape index (κ2) is 9.15. The van der Waals surface area contributed by atoms with E-state index in [9.17, 15) is 9.59 Å². The Morgan fingerprint density at radius 1 is 1.19 bits per heavy atom.